The van der Waals surface area contributed by atoms with Crippen molar-refractivity contribution in [2.45, 2.75) is 26.3 Å². The summed E-state index contributed by atoms with van der Waals surface area (Å²) >= 11 is 1.16. The number of carboxylic acid groups (broad SMARTS) is 1. The fourth-order valence-electron chi connectivity index (χ4n) is 1.19. The lowest BCUT2D eigenvalue weighted by Crippen LogP contribution is -2.40. The number of carbonyl (C=O) groups excluding carboxylic acids is 3. The molecular weight excluding hydrogens is 288 g/mol. The Kier molecular flexibility index (Phi) is 9.18. The standard InChI is InChI=1S/C11H18N2O6S/c1-3-19-11(18)13-9(15)6-20-5-4-8(10(16)17)12-7(2)14/h8H,3-6H2,1-2H3,(H,12,14)(H,16,17)(H,13,15,18). The molecule has 9 heteroatoms. The predicted molar refractivity (Wildman–Crippen MR) is 72.3 cm³/mol. The van der Waals surface area contributed by atoms with E-state index in [9.17, 15) is 19.2 Å². The highest BCUT2D eigenvalue weighted by atomic mass is 32.2. The van der Waals surface area contributed by atoms with Crippen molar-refractivity contribution in [2.75, 3.05) is 18.1 Å². The van der Waals surface area contributed by atoms with E-state index in [4.69, 9.17) is 5.11 Å². The Morgan fingerprint density at radius 2 is 1.95 bits per heavy atom. The van der Waals surface area contributed by atoms with E-state index in [0.29, 0.717) is 5.75 Å². The van der Waals surface area contributed by atoms with Gasteiger partial charge < -0.3 is 15.2 Å². The maximum atomic E-state index is 11.3. The quantitative estimate of drug-likeness (QED) is 0.538. The summed E-state index contributed by atoms with van der Waals surface area (Å²) in [5, 5.41) is 13.2. The number of alkyl carbamates (subject to hydrolysis) is 1. The SMILES string of the molecule is CCOC(=O)NC(=O)CSCCC(NC(C)=O)C(=O)O. The third kappa shape index (κ3) is 9.20. The zero-order valence-corrected chi connectivity index (χ0v) is 12.1. The number of amides is 3. The lowest BCUT2D eigenvalue weighted by atomic mass is 10.2. The molecule has 114 valence electrons. The molecular formula is C11H18N2O6S. The summed E-state index contributed by atoms with van der Waals surface area (Å²) in [5.41, 5.74) is 0. The van der Waals surface area contributed by atoms with E-state index in [1.54, 1.807) is 6.92 Å². The third-order valence-electron chi connectivity index (χ3n) is 1.98. The van der Waals surface area contributed by atoms with Gasteiger partial charge in [0.25, 0.3) is 0 Å². The topological polar surface area (TPSA) is 122 Å². The summed E-state index contributed by atoms with van der Waals surface area (Å²) in [5.74, 6) is -1.71. The second-order valence-corrected chi connectivity index (χ2v) is 4.81. The zero-order chi connectivity index (χ0) is 15.5. The molecule has 0 heterocycles. The molecule has 8 nitrogen and oxygen atoms in total. The normalized spacial score (nSPS) is 11.3. The molecule has 3 amide bonds. The highest BCUT2D eigenvalue weighted by Crippen LogP contribution is 2.05. The molecule has 0 bridgehead atoms. The van der Waals surface area contributed by atoms with Gasteiger partial charge in [-0.3, -0.25) is 14.9 Å². The van der Waals surface area contributed by atoms with Gasteiger partial charge in [-0.15, -0.1) is 0 Å². The first kappa shape index (κ1) is 18.2. The molecule has 0 rings (SSSR count). The molecule has 20 heavy (non-hydrogen) atoms. The molecule has 0 aliphatic heterocycles. The molecule has 3 N–H and O–H groups in total. The minimum atomic E-state index is -1.13. The highest BCUT2D eigenvalue weighted by molar-refractivity contribution is 7.99. The van der Waals surface area contributed by atoms with Crippen molar-refractivity contribution in [3.63, 3.8) is 0 Å². The van der Waals surface area contributed by atoms with E-state index in [0.717, 1.165) is 11.8 Å². The molecule has 0 aliphatic carbocycles. The van der Waals surface area contributed by atoms with Gasteiger partial charge in [-0.05, 0) is 19.1 Å². The summed E-state index contributed by atoms with van der Waals surface area (Å²) in [6.45, 7) is 3.02. The van der Waals surface area contributed by atoms with E-state index in [-0.39, 0.29) is 18.8 Å². The number of thioether (sulfide) groups is 1. The van der Waals surface area contributed by atoms with Crippen LogP contribution < -0.4 is 10.6 Å². The van der Waals surface area contributed by atoms with Crippen LogP contribution in [0.25, 0.3) is 0 Å². The highest BCUT2D eigenvalue weighted by Gasteiger charge is 2.18. The van der Waals surface area contributed by atoms with E-state index in [1.807, 2.05) is 5.32 Å². The Balaban J connectivity index is 3.88. The van der Waals surface area contributed by atoms with Gasteiger partial charge in [0.15, 0.2) is 0 Å². The predicted octanol–water partition coefficient (Wildman–Crippen LogP) is -0.0283. The summed E-state index contributed by atoms with van der Waals surface area (Å²) in [6, 6.07) is -0.979. The first-order valence-electron chi connectivity index (χ1n) is 5.91. The number of imide groups is 1. The fourth-order valence-corrected chi connectivity index (χ4v) is 1.99. The van der Waals surface area contributed by atoms with Crippen LogP contribution in [0.4, 0.5) is 4.79 Å². The Labute approximate surface area is 120 Å². The maximum absolute atomic E-state index is 11.3. The summed E-state index contributed by atoms with van der Waals surface area (Å²) in [6.07, 6.45) is -0.619. The average Bonchev–Trinajstić information content (AvgIpc) is 2.32. The van der Waals surface area contributed by atoms with Crippen LogP contribution >= 0.6 is 11.8 Å². The van der Waals surface area contributed by atoms with Crippen LogP contribution in [0, 0.1) is 0 Å². The van der Waals surface area contributed by atoms with Crippen LogP contribution in [-0.2, 0) is 19.1 Å². The lowest BCUT2D eigenvalue weighted by molar-refractivity contribution is -0.141. The molecule has 0 saturated heterocycles. The van der Waals surface area contributed by atoms with Crippen molar-refractivity contribution >= 4 is 35.6 Å². The molecule has 0 spiro atoms. The second kappa shape index (κ2) is 10.1. The Morgan fingerprint density at radius 3 is 2.45 bits per heavy atom. The van der Waals surface area contributed by atoms with Crippen molar-refractivity contribution in [3.8, 4) is 0 Å². The first-order valence-corrected chi connectivity index (χ1v) is 7.06. The average molecular weight is 306 g/mol. The largest absolute Gasteiger partial charge is 0.480 e. The Morgan fingerprint density at radius 1 is 1.30 bits per heavy atom. The molecule has 0 saturated carbocycles. The number of aliphatic carboxylic acids is 1. The molecule has 0 aliphatic rings. The van der Waals surface area contributed by atoms with Crippen LogP contribution in [0.5, 0.6) is 0 Å². The van der Waals surface area contributed by atoms with Gasteiger partial charge in [0.1, 0.15) is 6.04 Å². The molecule has 0 aromatic carbocycles. The monoisotopic (exact) mass is 306 g/mol. The number of hydrogen-bond acceptors (Lipinski definition) is 6. The summed E-state index contributed by atoms with van der Waals surface area (Å²) < 4.78 is 4.53. The van der Waals surface area contributed by atoms with Crippen molar-refractivity contribution in [2.24, 2.45) is 0 Å². The second-order valence-electron chi connectivity index (χ2n) is 3.70. The third-order valence-corrected chi connectivity index (χ3v) is 2.97. The van der Waals surface area contributed by atoms with Crippen molar-refractivity contribution < 1.29 is 29.0 Å². The Bertz CT molecular complexity index is 374. The lowest BCUT2D eigenvalue weighted by Gasteiger charge is -2.12. The molecule has 0 radical (unpaired) electrons. The van der Waals surface area contributed by atoms with Crippen molar-refractivity contribution in [3.05, 3.63) is 0 Å². The molecule has 0 fully saturated rings. The Hall–Kier alpha value is -1.77. The number of hydrogen-bond donors (Lipinski definition) is 3. The van der Waals surface area contributed by atoms with E-state index in [2.05, 4.69) is 10.1 Å². The van der Waals surface area contributed by atoms with Gasteiger partial charge in [-0.25, -0.2) is 9.59 Å². The minimum Gasteiger partial charge on any atom is -0.480 e. The van der Waals surface area contributed by atoms with Crippen LogP contribution in [0.3, 0.4) is 0 Å². The van der Waals surface area contributed by atoms with E-state index < -0.39 is 29.9 Å². The summed E-state index contributed by atoms with van der Waals surface area (Å²) in [4.78, 5) is 43.8. The zero-order valence-electron chi connectivity index (χ0n) is 11.3. The van der Waals surface area contributed by atoms with Gasteiger partial charge in [-0.2, -0.15) is 11.8 Å². The van der Waals surface area contributed by atoms with Crippen molar-refractivity contribution in [1.29, 1.82) is 0 Å². The first-order chi connectivity index (χ1) is 9.36. The molecule has 0 aromatic rings. The van der Waals surface area contributed by atoms with E-state index >= 15 is 0 Å². The summed E-state index contributed by atoms with van der Waals surface area (Å²) in [7, 11) is 0. The van der Waals surface area contributed by atoms with Gasteiger partial charge >= 0.3 is 12.1 Å². The number of nitrogens with one attached hydrogen (secondary N) is 2. The van der Waals surface area contributed by atoms with Crippen molar-refractivity contribution in [1.82, 2.24) is 10.6 Å². The number of carboxylic acids is 1. The van der Waals surface area contributed by atoms with Crippen LogP contribution in [-0.4, -0.2) is 53.1 Å². The molecule has 1 atom stereocenters. The van der Waals surface area contributed by atoms with Gasteiger partial charge in [0.05, 0.1) is 12.4 Å². The number of rotatable bonds is 8. The molecule has 0 aromatic heterocycles. The minimum absolute atomic E-state index is 0.00518. The van der Waals surface area contributed by atoms with Gasteiger partial charge in [-0.1, -0.05) is 0 Å². The van der Waals surface area contributed by atoms with Crippen LogP contribution in [0.15, 0.2) is 0 Å². The number of ether oxygens (including phenoxy) is 1. The van der Waals surface area contributed by atoms with Gasteiger partial charge in [0, 0.05) is 6.92 Å². The van der Waals surface area contributed by atoms with Crippen LogP contribution in [0.1, 0.15) is 20.3 Å². The smallest absolute Gasteiger partial charge is 0.413 e. The van der Waals surface area contributed by atoms with Crippen LogP contribution in [0.2, 0.25) is 0 Å². The maximum Gasteiger partial charge on any atom is 0.413 e. The molecule has 1 unspecified atom stereocenters. The number of carbonyl (C=O) groups is 4. The fraction of sp³-hybridized carbons (Fsp3) is 0.636. The van der Waals surface area contributed by atoms with E-state index in [1.165, 1.54) is 6.92 Å². The van der Waals surface area contributed by atoms with Gasteiger partial charge in [0.2, 0.25) is 11.8 Å².